The third-order valence-electron chi connectivity index (χ3n) is 3.24. The molecule has 0 aromatic heterocycles. The monoisotopic (exact) mass is 338 g/mol. The van der Waals surface area contributed by atoms with E-state index in [1.807, 2.05) is 20.8 Å². The van der Waals surface area contributed by atoms with E-state index in [0.717, 1.165) is 5.56 Å². The summed E-state index contributed by atoms with van der Waals surface area (Å²) in [5.41, 5.74) is 0.639. The lowest BCUT2D eigenvalue weighted by Gasteiger charge is -2.30. The van der Waals surface area contributed by atoms with Crippen molar-refractivity contribution in [1.82, 2.24) is 10.2 Å². The van der Waals surface area contributed by atoms with E-state index in [1.165, 1.54) is 4.90 Å². The molecular formula is C17H23ClN2O3. The van der Waals surface area contributed by atoms with E-state index in [1.54, 1.807) is 31.2 Å². The molecule has 0 bridgehead atoms. The second kappa shape index (κ2) is 8.11. The van der Waals surface area contributed by atoms with Crippen molar-refractivity contribution < 1.29 is 14.4 Å². The maximum absolute atomic E-state index is 12.2. The lowest BCUT2D eigenvalue weighted by Crippen LogP contribution is -2.47. The fourth-order valence-corrected chi connectivity index (χ4v) is 2.28. The van der Waals surface area contributed by atoms with Crippen molar-refractivity contribution in [3.05, 3.63) is 34.9 Å². The van der Waals surface area contributed by atoms with Gasteiger partial charge >= 0.3 is 0 Å². The zero-order valence-corrected chi connectivity index (χ0v) is 14.7. The van der Waals surface area contributed by atoms with Gasteiger partial charge in [0.25, 0.3) is 5.91 Å². The lowest BCUT2D eigenvalue weighted by molar-refractivity contribution is -0.142. The lowest BCUT2D eigenvalue weighted by atomic mass is 9.95. The predicted octanol–water partition coefficient (Wildman–Crippen LogP) is 2.42. The van der Waals surface area contributed by atoms with E-state index < -0.39 is 17.7 Å². The molecule has 6 heteroatoms. The number of rotatable bonds is 7. The molecule has 0 spiro atoms. The van der Waals surface area contributed by atoms with Crippen molar-refractivity contribution in [1.29, 1.82) is 0 Å². The highest BCUT2D eigenvalue weighted by atomic mass is 35.5. The largest absolute Gasteiger partial charge is 0.345 e. The van der Waals surface area contributed by atoms with Crippen molar-refractivity contribution in [2.24, 2.45) is 5.41 Å². The second-order valence-corrected chi connectivity index (χ2v) is 7.13. The highest BCUT2D eigenvalue weighted by molar-refractivity contribution is 6.38. The SMILES string of the molecule is CC(C(=O)C(=O)NCc1cccc(Cl)c1)N(C=O)CC(C)(C)C. The van der Waals surface area contributed by atoms with Crippen LogP contribution in [0.15, 0.2) is 24.3 Å². The molecule has 23 heavy (non-hydrogen) atoms. The molecule has 1 atom stereocenters. The number of halogens is 1. The number of carbonyl (C=O) groups excluding carboxylic acids is 3. The molecule has 1 aromatic carbocycles. The Kier molecular flexibility index (Phi) is 6.76. The minimum absolute atomic E-state index is 0.160. The fourth-order valence-electron chi connectivity index (χ4n) is 2.07. The molecule has 1 aromatic rings. The molecule has 0 aliphatic heterocycles. The summed E-state index contributed by atoms with van der Waals surface area (Å²) in [6, 6.07) is 6.22. The second-order valence-electron chi connectivity index (χ2n) is 6.69. The van der Waals surface area contributed by atoms with Crippen LogP contribution in [0, 0.1) is 5.41 Å². The molecule has 0 radical (unpaired) electrons. The fraction of sp³-hybridized carbons (Fsp3) is 0.471. The van der Waals surface area contributed by atoms with Gasteiger partial charge in [-0.15, -0.1) is 0 Å². The molecule has 126 valence electrons. The first-order chi connectivity index (χ1) is 10.6. The molecule has 0 fully saturated rings. The van der Waals surface area contributed by atoms with Gasteiger partial charge in [-0.3, -0.25) is 14.4 Å². The van der Waals surface area contributed by atoms with Crippen LogP contribution in [0.25, 0.3) is 0 Å². The Labute approximate surface area is 142 Å². The molecular weight excluding hydrogens is 316 g/mol. The zero-order chi connectivity index (χ0) is 17.6. The highest BCUT2D eigenvalue weighted by Gasteiger charge is 2.28. The number of ketones is 1. The Morgan fingerprint density at radius 3 is 2.52 bits per heavy atom. The number of nitrogens with zero attached hydrogens (tertiary/aromatic N) is 1. The van der Waals surface area contributed by atoms with Gasteiger partial charge in [0.2, 0.25) is 12.2 Å². The smallest absolute Gasteiger partial charge is 0.289 e. The molecule has 0 aliphatic rings. The molecule has 0 heterocycles. The van der Waals surface area contributed by atoms with E-state index in [2.05, 4.69) is 5.32 Å². The summed E-state index contributed by atoms with van der Waals surface area (Å²) in [5.74, 6) is -1.35. The molecule has 5 nitrogen and oxygen atoms in total. The van der Waals surface area contributed by atoms with Crippen LogP contribution in [-0.2, 0) is 20.9 Å². The van der Waals surface area contributed by atoms with E-state index in [0.29, 0.717) is 18.0 Å². The molecule has 0 saturated carbocycles. The molecule has 0 saturated heterocycles. The summed E-state index contributed by atoms with van der Waals surface area (Å²) in [7, 11) is 0. The summed E-state index contributed by atoms with van der Waals surface area (Å²) in [4.78, 5) is 36.7. The first kappa shape index (κ1) is 19.2. The summed E-state index contributed by atoms with van der Waals surface area (Å²) in [6.07, 6.45) is 0.609. The van der Waals surface area contributed by atoms with Crippen molar-refractivity contribution in [2.75, 3.05) is 6.54 Å². The molecule has 1 rings (SSSR count). The summed E-state index contributed by atoms with van der Waals surface area (Å²) >= 11 is 5.87. The quantitative estimate of drug-likeness (QED) is 0.613. The van der Waals surface area contributed by atoms with Gasteiger partial charge in [-0.25, -0.2) is 0 Å². The van der Waals surface area contributed by atoms with Crippen LogP contribution in [0.1, 0.15) is 33.3 Å². The van der Waals surface area contributed by atoms with Gasteiger partial charge in [0, 0.05) is 18.1 Å². The average Bonchev–Trinajstić information content (AvgIpc) is 2.48. The molecule has 1 N–H and O–H groups in total. The normalized spacial score (nSPS) is 12.4. The summed E-state index contributed by atoms with van der Waals surface area (Å²) in [5, 5.41) is 3.12. The number of Topliss-reactive ketones (excluding diaryl/α,β-unsaturated/α-hetero) is 1. The first-order valence-electron chi connectivity index (χ1n) is 7.41. The standard InChI is InChI=1S/C17H23ClN2O3/c1-12(20(11-21)10-17(2,3)4)15(22)16(23)19-9-13-6-5-7-14(18)8-13/h5-8,11-12H,9-10H2,1-4H3,(H,19,23). The van der Waals surface area contributed by atoms with E-state index in [4.69, 9.17) is 11.6 Å². The number of benzene rings is 1. The highest BCUT2D eigenvalue weighted by Crippen LogP contribution is 2.16. The van der Waals surface area contributed by atoms with Crippen LogP contribution in [0.2, 0.25) is 5.02 Å². The third kappa shape index (κ3) is 6.40. The van der Waals surface area contributed by atoms with E-state index in [-0.39, 0.29) is 12.0 Å². The van der Waals surface area contributed by atoms with Crippen molar-refractivity contribution >= 4 is 29.7 Å². The van der Waals surface area contributed by atoms with Gasteiger partial charge in [-0.05, 0) is 30.0 Å². The number of hydrogen-bond acceptors (Lipinski definition) is 3. The molecule has 1 unspecified atom stereocenters. The first-order valence-corrected chi connectivity index (χ1v) is 7.79. The van der Waals surface area contributed by atoms with Crippen LogP contribution in [0.3, 0.4) is 0 Å². The van der Waals surface area contributed by atoms with Crippen LogP contribution >= 0.6 is 11.6 Å². The number of hydrogen-bond donors (Lipinski definition) is 1. The summed E-state index contributed by atoms with van der Waals surface area (Å²) < 4.78 is 0. The van der Waals surface area contributed by atoms with Crippen LogP contribution in [0.5, 0.6) is 0 Å². The Hall–Kier alpha value is -1.88. The Morgan fingerprint density at radius 1 is 1.35 bits per heavy atom. The zero-order valence-electron chi connectivity index (χ0n) is 13.9. The number of nitrogens with one attached hydrogen (secondary N) is 1. The Morgan fingerprint density at radius 2 is 2.00 bits per heavy atom. The minimum Gasteiger partial charge on any atom is -0.345 e. The van der Waals surface area contributed by atoms with Gasteiger partial charge in [0.15, 0.2) is 0 Å². The predicted molar refractivity (Wildman–Crippen MR) is 90.0 cm³/mol. The van der Waals surface area contributed by atoms with Crippen LogP contribution < -0.4 is 5.32 Å². The van der Waals surface area contributed by atoms with Crippen molar-refractivity contribution in [3.8, 4) is 0 Å². The third-order valence-corrected chi connectivity index (χ3v) is 3.47. The Bertz CT molecular complexity index is 581. The average molecular weight is 339 g/mol. The van der Waals surface area contributed by atoms with Crippen molar-refractivity contribution in [2.45, 2.75) is 40.3 Å². The van der Waals surface area contributed by atoms with Crippen molar-refractivity contribution in [3.63, 3.8) is 0 Å². The minimum atomic E-state index is -0.800. The Balaban J connectivity index is 2.64. The van der Waals surface area contributed by atoms with Gasteiger partial charge in [0.05, 0.1) is 6.04 Å². The summed E-state index contributed by atoms with van der Waals surface area (Å²) in [6.45, 7) is 8.03. The maximum atomic E-state index is 12.2. The van der Waals surface area contributed by atoms with E-state index in [9.17, 15) is 14.4 Å². The van der Waals surface area contributed by atoms with Crippen LogP contribution in [-0.4, -0.2) is 35.6 Å². The van der Waals surface area contributed by atoms with E-state index >= 15 is 0 Å². The van der Waals surface area contributed by atoms with Gasteiger partial charge in [-0.2, -0.15) is 0 Å². The number of carbonyl (C=O) groups is 3. The topological polar surface area (TPSA) is 66.5 Å². The van der Waals surface area contributed by atoms with Gasteiger partial charge < -0.3 is 10.2 Å². The van der Waals surface area contributed by atoms with Gasteiger partial charge in [0.1, 0.15) is 0 Å². The molecule has 0 aliphatic carbocycles. The number of amides is 2. The maximum Gasteiger partial charge on any atom is 0.289 e. The van der Waals surface area contributed by atoms with Crippen LogP contribution in [0.4, 0.5) is 0 Å². The van der Waals surface area contributed by atoms with Gasteiger partial charge in [-0.1, -0.05) is 44.5 Å². The molecule has 2 amide bonds.